The first-order chi connectivity index (χ1) is 17.2. The molecule has 1 heterocycles. The van der Waals surface area contributed by atoms with Gasteiger partial charge in [0.25, 0.3) is 0 Å². The summed E-state index contributed by atoms with van der Waals surface area (Å²) in [5.74, 6) is 3.72. The number of nitrogens with zero attached hydrogens (tertiary/aromatic N) is 1. The van der Waals surface area contributed by atoms with Crippen molar-refractivity contribution in [1.29, 1.82) is 0 Å². The summed E-state index contributed by atoms with van der Waals surface area (Å²) in [6.07, 6.45) is 9.93. The molecule has 5 heteroatoms. The van der Waals surface area contributed by atoms with Crippen LogP contribution >= 0.6 is 0 Å². The van der Waals surface area contributed by atoms with Crippen LogP contribution in [-0.4, -0.2) is 27.4 Å². The Bertz CT molecular complexity index is 1180. The predicted octanol–water partition coefficient (Wildman–Crippen LogP) is 5.75. The molecule has 0 saturated heterocycles. The molecule has 1 unspecified atom stereocenters. The maximum absolute atomic E-state index is 12.4. The maximum Gasteiger partial charge on any atom is 0.346 e. The van der Waals surface area contributed by atoms with E-state index in [1.165, 1.54) is 25.7 Å². The Hall–Kier alpha value is -1.72. The average Bonchev–Trinajstić information content (AvgIpc) is 3.21. The van der Waals surface area contributed by atoms with Gasteiger partial charge in [0.05, 0.1) is 23.1 Å². The molecule has 0 amide bonds. The maximum atomic E-state index is 12.4. The minimum Gasteiger partial charge on any atom is -0.408 e. The van der Waals surface area contributed by atoms with Gasteiger partial charge < -0.3 is 14.6 Å². The van der Waals surface area contributed by atoms with Gasteiger partial charge in [0.2, 0.25) is 0 Å². The standard InChI is InChI=1S/C31H43NO4/c1-18(8-11-27-32-25-7-5-4-6-21(25)29(35)36-27)22-9-10-23-28-24(13-15-31(22,23)3)30(2)14-12-20(33)16-19(30)17-26(28)34/h4-7,18-20,22-24,26,28,33-34H,8-17H2,1-3H3/t18-,19+,20-,22-,23+,24?,26+,28+,30+,31-/m1/s1. The largest absolute Gasteiger partial charge is 0.408 e. The van der Waals surface area contributed by atoms with Crippen molar-refractivity contribution >= 4 is 10.9 Å². The summed E-state index contributed by atoms with van der Waals surface area (Å²) in [4.78, 5) is 17.0. The summed E-state index contributed by atoms with van der Waals surface area (Å²) in [5, 5.41) is 22.3. The van der Waals surface area contributed by atoms with Crippen molar-refractivity contribution in [3.63, 3.8) is 0 Å². The molecule has 196 valence electrons. The zero-order chi connectivity index (χ0) is 25.2. The molecule has 2 N–H and O–H groups in total. The molecule has 1 aromatic heterocycles. The second-order valence-corrected chi connectivity index (χ2v) is 13.4. The Morgan fingerprint density at radius 1 is 1.03 bits per heavy atom. The van der Waals surface area contributed by atoms with E-state index in [1.54, 1.807) is 6.07 Å². The second kappa shape index (κ2) is 8.94. The first kappa shape index (κ1) is 24.6. The molecule has 0 radical (unpaired) electrons. The van der Waals surface area contributed by atoms with Gasteiger partial charge in [0, 0.05) is 6.42 Å². The van der Waals surface area contributed by atoms with Gasteiger partial charge >= 0.3 is 5.63 Å². The first-order valence-corrected chi connectivity index (χ1v) is 14.5. The lowest BCUT2D eigenvalue weighted by atomic mass is 9.43. The highest BCUT2D eigenvalue weighted by Gasteiger charge is 2.62. The third-order valence-electron chi connectivity index (χ3n) is 11.8. The zero-order valence-corrected chi connectivity index (χ0v) is 22.2. The number of aromatic nitrogens is 1. The molecule has 0 aliphatic heterocycles. The van der Waals surface area contributed by atoms with Crippen molar-refractivity contribution in [3.8, 4) is 0 Å². The quantitative estimate of drug-likeness (QED) is 0.567. The second-order valence-electron chi connectivity index (χ2n) is 13.4. The molecule has 4 saturated carbocycles. The van der Waals surface area contributed by atoms with Crippen LogP contribution in [0.5, 0.6) is 0 Å². The minimum atomic E-state index is -0.289. The van der Waals surface area contributed by atoms with Gasteiger partial charge in [-0.15, -0.1) is 0 Å². The van der Waals surface area contributed by atoms with E-state index < -0.39 is 0 Å². The molecule has 6 rings (SSSR count). The monoisotopic (exact) mass is 493 g/mol. The van der Waals surface area contributed by atoms with Crippen LogP contribution < -0.4 is 5.63 Å². The van der Waals surface area contributed by atoms with Crippen LogP contribution in [0.25, 0.3) is 10.9 Å². The number of fused-ring (bicyclic) bond motifs is 6. The SMILES string of the molecule is C[C@H](CCc1nc2ccccc2c(=O)o1)[C@H]1CC[C@H]2[C@H]3C(CC[C@]12C)[C@@]1(C)CC[C@@H](O)C[C@H]1C[C@@H]3O. The van der Waals surface area contributed by atoms with E-state index in [4.69, 9.17) is 4.42 Å². The number of aliphatic hydroxyl groups is 2. The van der Waals surface area contributed by atoms with Gasteiger partial charge in [-0.3, -0.25) is 0 Å². The average molecular weight is 494 g/mol. The van der Waals surface area contributed by atoms with E-state index in [-0.39, 0.29) is 28.7 Å². The van der Waals surface area contributed by atoms with Crippen LogP contribution in [0.1, 0.15) is 84.4 Å². The smallest absolute Gasteiger partial charge is 0.346 e. The van der Waals surface area contributed by atoms with E-state index >= 15 is 0 Å². The van der Waals surface area contributed by atoms with Crippen LogP contribution in [0.15, 0.2) is 33.5 Å². The molecule has 4 aliphatic rings. The van der Waals surface area contributed by atoms with E-state index in [9.17, 15) is 15.0 Å². The minimum absolute atomic E-state index is 0.182. The number of benzene rings is 1. The lowest BCUT2D eigenvalue weighted by molar-refractivity contribution is -0.174. The van der Waals surface area contributed by atoms with Gasteiger partial charge in [-0.2, -0.15) is 0 Å². The lowest BCUT2D eigenvalue weighted by Gasteiger charge is -2.62. The highest BCUT2D eigenvalue weighted by atomic mass is 16.4. The lowest BCUT2D eigenvalue weighted by Crippen LogP contribution is -2.58. The number of aryl methyl sites for hydroxylation is 1. The third-order valence-corrected chi connectivity index (χ3v) is 11.8. The Morgan fingerprint density at radius 3 is 2.61 bits per heavy atom. The highest BCUT2D eigenvalue weighted by Crippen LogP contribution is 2.68. The molecule has 10 atom stereocenters. The van der Waals surface area contributed by atoms with E-state index in [2.05, 4.69) is 25.8 Å². The number of hydrogen-bond acceptors (Lipinski definition) is 5. The Balaban J connectivity index is 1.18. The van der Waals surface area contributed by atoms with Crippen LogP contribution in [0.4, 0.5) is 0 Å². The van der Waals surface area contributed by atoms with Crippen molar-refractivity contribution in [2.24, 2.45) is 46.3 Å². The summed E-state index contributed by atoms with van der Waals surface area (Å²) in [7, 11) is 0. The fourth-order valence-electron chi connectivity index (χ4n) is 9.90. The summed E-state index contributed by atoms with van der Waals surface area (Å²) in [5.41, 5.74) is 0.961. The van der Waals surface area contributed by atoms with Crippen LogP contribution in [0.3, 0.4) is 0 Å². The topological polar surface area (TPSA) is 83.6 Å². The van der Waals surface area contributed by atoms with Gasteiger partial charge in [-0.05, 0) is 116 Å². The predicted molar refractivity (Wildman–Crippen MR) is 140 cm³/mol. The van der Waals surface area contributed by atoms with E-state index in [1.807, 2.05) is 18.2 Å². The van der Waals surface area contributed by atoms with Crippen molar-refractivity contribution in [3.05, 3.63) is 40.6 Å². The molecular formula is C31H43NO4. The van der Waals surface area contributed by atoms with Gasteiger partial charge in [0.1, 0.15) is 0 Å². The van der Waals surface area contributed by atoms with Crippen molar-refractivity contribution in [1.82, 2.24) is 4.98 Å². The number of hydrogen-bond donors (Lipinski definition) is 2. The van der Waals surface area contributed by atoms with Crippen LogP contribution in [0, 0.1) is 46.3 Å². The summed E-state index contributed by atoms with van der Waals surface area (Å²) >= 11 is 0. The summed E-state index contributed by atoms with van der Waals surface area (Å²) in [6, 6.07) is 7.41. The van der Waals surface area contributed by atoms with Crippen LogP contribution in [-0.2, 0) is 6.42 Å². The molecule has 2 aromatic rings. The number of para-hydroxylation sites is 1. The Kier molecular flexibility index (Phi) is 6.11. The van der Waals surface area contributed by atoms with E-state index in [0.29, 0.717) is 53.2 Å². The van der Waals surface area contributed by atoms with Crippen LogP contribution in [0.2, 0.25) is 0 Å². The fraction of sp³-hybridized carbons (Fsp3) is 0.742. The summed E-state index contributed by atoms with van der Waals surface area (Å²) in [6.45, 7) is 7.37. The zero-order valence-electron chi connectivity index (χ0n) is 22.2. The molecule has 0 spiro atoms. The number of aliphatic hydroxyl groups excluding tert-OH is 2. The van der Waals surface area contributed by atoms with Gasteiger partial charge in [-0.1, -0.05) is 32.9 Å². The Morgan fingerprint density at radius 2 is 1.78 bits per heavy atom. The number of rotatable bonds is 4. The van der Waals surface area contributed by atoms with Crippen molar-refractivity contribution in [2.45, 2.75) is 97.2 Å². The fourth-order valence-corrected chi connectivity index (χ4v) is 9.90. The van der Waals surface area contributed by atoms with Gasteiger partial charge in [0.15, 0.2) is 5.89 Å². The molecule has 4 aliphatic carbocycles. The molecular weight excluding hydrogens is 450 g/mol. The Labute approximate surface area is 214 Å². The van der Waals surface area contributed by atoms with E-state index in [0.717, 1.165) is 37.6 Å². The molecule has 4 fully saturated rings. The normalized spacial score (nSPS) is 43.0. The van der Waals surface area contributed by atoms with Crippen molar-refractivity contribution in [2.75, 3.05) is 0 Å². The highest BCUT2D eigenvalue weighted by molar-refractivity contribution is 5.76. The van der Waals surface area contributed by atoms with Crippen molar-refractivity contribution < 1.29 is 14.6 Å². The molecule has 0 bridgehead atoms. The molecule has 36 heavy (non-hydrogen) atoms. The summed E-state index contributed by atoms with van der Waals surface area (Å²) < 4.78 is 5.57. The molecule has 1 aromatic carbocycles. The first-order valence-electron chi connectivity index (χ1n) is 14.5. The van der Waals surface area contributed by atoms with Gasteiger partial charge in [-0.25, -0.2) is 9.78 Å². The third kappa shape index (κ3) is 3.79. The molecule has 5 nitrogen and oxygen atoms in total.